The van der Waals surface area contributed by atoms with Crippen molar-refractivity contribution in [1.82, 2.24) is 9.78 Å². The SMILES string of the molecule is Cn1[nH]c(=S)c2sc3c(c2c1=O)CCCC3. The molecule has 2 heterocycles. The molecule has 0 atom stereocenters. The molecule has 1 N–H and O–H groups in total. The van der Waals surface area contributed by atoms with Crippen LogP contribution in [0, 0.1) is 4.64 Å². The van der Waals surface area contributed by atoms with Crippen molar-refractivity contribution in [2.45, 2.75) is 25.7 Å². The molecule has 0 amide bonds. The summed E-state index contributed by atoms with van der Waals surface area (Å²) in [6.07, 6.45) is 4.56. The molecule has 0 saturated heterocycles. The molecular weight excluding hydrogens is 240 g/mol. The van der Waals surface area contributed by atoms with E-state index in [1.807, 2.05) is 0 Å². The maximum Gasteiger partial charge on any atom is 0.273 e. The number of hydrogen-bond acceptors (Lipinski definition) is 3. The molecule has 0 aliphatic heterocycles. The predicted octanol–water partition coefficient (Wildman–Crippen LogP) is 2.54. The normalized spacial score (nSPS) is 15.3. The summed E-state index contributed by atoms with van der Waals surface area (Å²) in [6.45, 7) is 0. The van der Waals surface area contributed by atoms with Crippen LogP contribution in [-0.2, 0) is 19.9 Å². The standard InChI is InChI=1S/C11H12N2OS2/c1-13-11(14)8-6-4-2-3-5-7(6)16-9(8)10(15)12-13/h2-5H2,1H3,(H,12,15). The number of aromatic nitrogens is 2. The number of rotatable bonds is 0. The van der Waals surface area contributed by atoms with Gasteiger partial charge in [0, 0.05) is 11.9 Å². The first-order chi connectivity index (χ1) is 7.68. The van der Waals surface area contributed by atoms with E-state index in [9.17, 15) is 4.79 Å². The van der Waals surface area contributed by atoms with Crippen LogP contribution in [0.4, 0.5) is 0 Å². The van der Waals surface area contributed by atoms with Gasteiger partial charge >= 0.3 is 0 Å². The number of nitrogens with zero attached hydrogens (tertiary/aromatic N) is 1. The highest BCUT2D eigenvalue weighted by Crippen LogP contribution is 2.34. The Morgan fingerprint density at radius 2 is 2.12 bits per heavy atom. The first-order valence-electron chi connectivity index (χ1n) is 5.42. The number of aromatic amines is 1. The van der Waals surface area contributed by atoms with E-state index >= 15 is 0 Å². The molecule has 5 heteroatoms. The van der Waals surface area contributed by atoms with Gasteiger partial charge in [-0.3, -0.25) is 14.6 Å². The lowest BCUT2D eigenvalue weighted by atomic mass is 9.97. The van der Waals surface area contributed by atoms with Gasteiger partial charge in [0.05, 0.1) is 10.1 Å². The molecule has 1 aliphatic carbocycles. The fraction of sp³-hybridized carbons (Fsp3) is 0.455. The van der Waals surface area contributed by atoms with Crippen molar-refractivity contribution in [3.63, 3.8) is 0 Å². The number of thiophene rings is 1. The summed E-state index contributed by atoms with van der Waals surface area (Å²) in [7, 11) is 1.73. The fourth-order valence-electron chi connectivity index (χ4n) is 2.37. The summed E-state index contributed by atoms with van der Waals surface area (Å²) in [6, 6.07) is 0. The van der Waals surface area contributed by atoms with Crippen molar-refractivity contribution >= 4 is 33.6 Å². The monoisotopic (exact) mass is 252 g/mol. The second kappa shape index (κ2) is 3.53. The Morgan fingerprint density at radius 1 is 1.38 bits per heavy atom. The number of nitrogens with one attached hydrogen (secondary N) is 1. The van der Waals surface area contributed by atoms with Crippen molar-refractivity contribution in [2.75, 3.05) is 0 Å². The van der Waals surface area contributed by atoms with Gasteiger partial charge in [0.2, 0.25) is 0 Å². The van der Waals surface area contributed by atoms with Crippen LogP contribution in [0.15, 0.2) is 4.79 Å². The zero-order chi connectivity index (χ0) is 11.3. The van der Waals surface area contributed by atoms with Crippen molar-refractivity contribution < 1.29 is 0 Å². The van der Waals surface area contributed by atoms with Crippen LogP contribution in [-0.4, -0.2) is 9.78 Å². The number of hydrogen-bond donors (Lipinski definition) is 1. The summed E-state index contributed by atoms with van der Waals surface area (Å²) in [5.41, 5.74) is 1.31. The van der Waals surface area contributed by atoms with Crippen molar-refractivity contribution in [1.29, 1.82) is 0 Å². The molecule has 0 radical (unpaired) electrons. The van der Waals surface area contributed by atoms with Gasteiger partial charge in [0.25, 0.3) is 5.56 Å². The summed E-state index contributed by atoms with van der Waals surface area (Å²) < 4.78 is 3.16. The van der Waals surface area contributed by atoms with Crippen molar-refractivity contribution in [2.24, 2.45) is 7.05 Å². The number of fused-ring (bicyclic) bond motifs is 3. The highest BCUT2D eigenvalue weighted by atomic mass is 32.1. The van der Waals surface area contributed by atoms with E-state index in [2.05, 4.69) is 5.10 Å². The van der Waals surface area contributed by atoms with E-state index in [1.165, 1.54) is 28.0 Å². The highest BCUT2D eigenvalue weighted by Gasteiger charge is 2.19. The predicted molar refractivity (Wildman–Crippen MR) is 68.9 cm³/mol. The van der Waals surface area contributed by atoms with Crippen LogP contribution in [0.25, 0.3) is 10.1 Å². The van der Waals surface area contributed by atoms with Gasteiger partial charge in [0.15, 0.2) is 0 Å². The minimum absolute atomic E-state index is 0.0583. The third-order valence-corrected chi connectivity index (χ3v) is 4.90. The van der Waals surface area contributed by atoms with Gasteiger partial charge in [-0.2, -0.15) is 0 Å². The summed E-state index contributed by atoms with van der Waals surface area (Å²) in [4.78, 5) is 13.5. The minimum Gasteiger partial charge on any atom is -0.284 e. The average Bonchev–Trinajstić information content (AvgIpc) is 2.66. The molecule has 2 aromatic heterocycles. The van der Waals surface area contributed by atoms with Crippen LogP contribution >= 0.6 is 23.6 Å². The summed E-state index contributed by atoms with van der Waals surface area (Å²) in [5, 5.41) is 3.79. The Hall–Kier alpha value is -0.940. The van der Waals surface area contributed by atoms with Gasteiger partial charge in [-0.15, -0.1) is 11.3 Å². The van der Waals surface area contributed by atoms with Gasteiger partial charge in [-0.05, 0) is 31.2 Å². The van der Waals surface area contributed by atoms with E-state index in [0.29, 0.717) is 4.64 Å². The van der Waals surface area contributed by atoms with E-state index in [0.717, 1.165) is 22.9 Å². The molecule has 0 bridgehead atoms. The Kier molecular flexibility index (Phi) is 2.26. The molecule has 3 rings (SSSR count). The van der Waals surface area contributed by atoms with Crippen LogP contribution in [0.3, 0.4) is 0 Å². The van der Waals surface area contributed by atoms with E-state index in [4.69, 9.17) is 12.2 Å². The summed E-state index contributed by atoms with van der Waals surface area (Å²) in [5.74, 6) is 0. The molecular formula is C11H12N2OS2. The van der Waals surface area contributed by atoms with E-state index < -0.39 is 0 Å². The molecule has 0 spiro atoms. The first kappa shape index (κ1) is 10.2. The van der Waals surface area contributed by atoms with Crippen LogP contribution in [0.2, 0.25) is 0 Å². The molecule has 0 saturated carbocycles. The summed E-state index contributed by atoms with van der Waals surface area (Å²) >= 11 is 6.99. The van der Waals surface area contributed by atoms with Crippen LogP contribution in [0.1, 0.15) is 23.3 Å². The van der Waals surface area contributed by atoms with Crippen molar-refractivity contribution in [3.05, 3.63) is 25.4 Å². The smallest absolute Gasteiger partial charge is 0.273 e. The first-order valence-corrected chi connectivity index (χ1v) is 6.64. The highest BCUT2D eigenvalue weighted by molar-refractivity contribution is 7.71. The lowest BCUT2D eigenvalue weighted by Gasteiger charge is -2.09. The lowest BCUT2D eigenvalue weighted by Crippen LogP contribution is -2.20. The maximum absolute atomic E-state index is 12.1. The fourth-order valence-corrected chi connectivity index (χ4v) is 4.01. The number of aryl methyl sites for hydroxylation is 3. The van der Waals surface area contributed by atoms with Crippen LogP contribution in [0.5, 0.6) is 0 Å². The van der Waals surface area contributed by atoms with Gasteiger partial charge < -0.3 is 0 Å². The third-order valence-electron chi connectivity index (χ3n) is 3.17. The van der Waals surface area contributed by atoms with Crippen molar-refractivity contribution in [3.8, 4) is 0 Å². The largest absolute Gasteiger partial charge is 0.284 e. The van der Waals surface area contributed by atoms with E-state index in [1.54, 1.807) is 18.4 Å². The topological polar surface area (TPSA) is 37.8 Å². The Morgan fingerprint density at radius 3 is 2.94 bits per heavy atom. The number of H-pyrrole nitrogens is 1. The molecule has 1 aliphatic rings. The molecule has 3 nitrogen and oxygen atoms in total. The van der Waals surface area contributed by atoms with Gasteiger partial charge in [0.1, 0.15) is 4.64 Å². The molecule has 0 aromatic carbocycles. The Balaban J connectivity index is 2.53. The zero-order valence-electron chi connectivity index (χ0n) is 9.00. The lowest BCUT2D eigenvalue weighted by molar-refractivity contribution is 0.692. The van der Waals surface area contributed by atoms with Crippen LogP contribution < -0.4 is 5.56 Å². The molecule has 16 heavy (non-hydrogen) atoms. The van der Waals surface area contributed by atoms with Gasteiger partial charge in [-0.25, -0.2) is 0 Å². The van der Waals surface area contributed by atoms with Gasteiger partial charge in [-0.1, -0.05) is 12.2 Å². The molecule has 0 fully saturated rings. The Bertz CT molecular complexity index is 678. The zero-order valence-corrected chi connectivity index (χ0v) is 10.6. The molecule has 0 unspecified atom stereocenters. The average molecular weight is 252 g/mol. The quantitative estimate of drug-likeness (QED) is 0.732. The minimum atomic E-state index is 0.0583. The third kappa shape index (κ3) is 1.31. The maximum atomic E-state index is 12.1. The second-order valence-corrected chi connectivity index (χ2v) is 5.73. The van der Waals surface area contributed by atoms with E-state index in [-0.39, 0.29) is 5.56 Å². The molecule has 84 valence electrons. The Labute approximate surface area is 102 Å². The second-order valence-electron chi connectivity index (χ2n) is 4.22. The molecule has 2 aromatic rings.